The third-order valence-electron chi connectivity index (χ3n) is 4.30. The molecule has 5 heteroatoms. The van der Waals surface area contributed by atoms with E-state index in [0.29, 0.717) is 11.8 Å². The molecule has 0 bridgehead atoms. The summed E-state index contributed by atoms with van der Waals surface area (Å²) in [5.74, 6) is 3.16. The standard InChI is InChI=1S/C15H23N3O2/c1-10(2)11-3-5-12(6-4-11)15-17-14(20-18-15)9-13(19)7-8-16/h10-13,19H,3-7,9H2,1-2H3. The van der Waals surface area contributed by atoms with E-state index in [-0.39, 0.29) is 12.8 Å². The Kier molecular flexibility index (Phi) is 5.13. The Morgan fingerprint density at radius 2 is 2.05 bits per heavy atom. The van der Waals surface area contributed by atoms with Crippen LogP contribution in [0.3, 0.4) is 0 Å². The van der Waals surface area contributed by atoms with Crippen molar-refractivity contribution in [2.75, 3.05) is 0 Å². The highest BCUT2D eigenvalue weighted by Gasteiger charge is 2.27. The van der Waals surface area contributed by atoms with Gasteiger partial charge in [0.2, 0.25) is 5.89 Å². The van der Waals surface area contributed by atoms with E-state index in [9.17, 15) is 5.11 Å². The summed E-state index contributed by atoms with van der Waals surface area (Å²) in [4.78, 5) is 4.38. The van der Waals surface area contributed by atoms with Crippen LogP contribution in [0.2, 0.25) is 0 Å². The van der Waals surface area contributed by atoms with Crippen molar-refractivity contribution in [3.8, 4) is 6.07 Å². The van der Waals surface area contributed by atoms with Gasteiger partial charge in [0, 0.05) is 5.92 Å². The second kappa shape index (κ2) is 6.85. The van der Waals surface area contributed by atoms with Crippen LogP contribution >= 0.6 is 0 Å². The molecule has 0 aromatic carbocycles. The molecule has 1 saturated carbocycles. The van der Waals surface area contributed by atoms with Crippen molar-refractivity contribution < 1.29 is 9.63 Å². The first-order chi connectivity index (χ1) is 9.60. The molecule has 0 aliphatic heterocycles. The fourth-order valence-electron chi connectivity index (χ4n) is 2.94. The van der Waals surface area contributed by atoms with E-state index < -0.39 is 6.10 Å². The van der Waals surface area contributed by atoms with Crippen LogP contribution in [-0.2, 0) is 6.42 Å². The monoisotopic (exact) mass is 277 g/mol. The summed E-state index contributed by atoms with van der Waals surface area (Å²) in [5.41, 5.74) is 0. The number of aliphatic hydroxyl groups is 1. The number of nitriles is 1. The average molecular weight is 277 g/mol. The zero-order chi connectivity index (χ0) is 14.5. The lowest BCUT2D eigenvalue weighted by molar-refractivity contribution is 0.166. The molecule has 1 N–H and O–H groups in total. The molecule has 0 saturated heterocycles. The molecule has 1 aliphatic carbocycles. The second-order valence-corrected chi connectivity index (χ2v) is 6.12. The first-order valence-corrected chi connectivity index (χ1v) is 7.47. The van der Waals surface area contributed by atoms with Crippen LogP contribution in [0.4, 0.5) is 0 Å². The summed E-state index contributed by atoms with van der Waals surface area (Å²) in [6.45, 7) is 4.57. The first-order valence-electron chi connectivity index (χ1n) is 7.47. The van der Waals surface area contributed by atoms with Crippen LogP contribution in [0, 0.1) is 23.2 Å². The quantitative estimate of drug-likeness (QED) is 0.894. The van der Waals surface area contributed by atoms with Crippen LogP contribution in [0.5, 0.6) is 0 Å². The highest BCUT2D eigenvalue weighted by Crippen LogP contribution is 2.37. The van der Waals surface area contributed by atoms with Crippen molar-refractivity contribution in [2.45, 2.75) is 64.4 Å². The van der Waals surface area contributed by atoms with E-state index in [1.165, 1.54) is 12.8 Å². The normalized spacial score (nSPS) is 24.6. The molecule has 0 spiro atoms. The summed E-state index contributed by atoms with van der Waals surface area (Å²) in [6.07, 6.45) is 4.32. The van der Waals surface area contributed by atoms with E-state index in [1.807, 2.05) is 6.07 Å². The average Bonchev–Trinajstić information content (AvgIpc) is 2.87. The zero-order valence-electron chi connectivity index (χ0n) is 12.2. The summed E-state index contributed by atoms with van der Waals surface area (Å²) in [5, 5.41) is 22.1. The minimum absolute atomic E-state index is 0.0945. The molecule has 1 aromatic rings. The summed E-state index contributed by atoms with van der Waals surface area (Å²) in [6, 6.07) is 1.93. The molecule has 1 fully saturated rings. The van der Waals surface area contributed by atoms with Gasteiger partial charge < -0.3 is 9.63 Å². The lowest BCUT2D eigenvalue weighted by Crippen LogP contribution is -2.18. The molecule has 0 radical (unpaired) electrons. The SMILES string of the molecule is CC(C)C1CCC(c2noc(CC(O)CC#N)n2)CC1. The number of nitrogens with zero attached hydrogens (tertiary/aromatic N) is 3. The van der Waals surface area contributed by atoms with Gasteiger partial charge in [-0.25, -0.2) is 0 Å². The Bertz CT molecular complexity index is 456. The Morgan fingerprint density at radius 3 is 2.65 bits per heavy atom. The van der Waals surface area contributed by atoms with Gasteiger partial charge in [0.25, 0.3) is 0 Å². The van der Waals surface area contributed by atoms with Crippen molar-refractivity contribution in [1.82, 2.24) is 10.1 Å². The lowest BCUT2D eigenvalue weighted by atomic mass is 9.77. The summed E-state index contributed by atoms with van der Waals surface area (Å²) >= 11 is 0. The van der Waals surface area contributed by atoms with Gasteiger partial charge in [0.15, 0.2) is 5.82 Å². The molecule has 5 nitrogen and oxygen atoms in total. The van der Waals surface area contributed by atoms with Crippen molar-refractivity contribution >= 4 is 0 Å². The van der Waals surface area contributed by atoms with E-state index in [0.717, 1.165) is 30.5 Å². The topological polar surface area (TPSA) is 82.9 Å². The minimum Gasteiger partial charge on any atom is -0.392 e. The molecule has 1 aromatic heterocycles. The number of rotatable bonds is 5. The largest absolute Gasteiger partial charge is 0.392 e. The number of aromatic nitrogens is 2. The van der Waals surface area contributed by atoms with Crippen LogP contribution in [0.15, 0.2) is 4.52 Å². The van der Waals surface area contributed by atoms with E-state index >= 15 is 0 Å². The van der Waals surface area contributed by atoms with Gasteiger partial charge in [-0.1, -0.05) is 19.0 Å². The van der Waals surface area contributed by atoms with Gasteiger partial charge in [-0.05, 0) is 37.5 Å². The van der Waals surface area contributed by atoms with Crippen LogP contribution < -0.4 is 0 Å². The van der Waals surface area contributed by atoms with Crippen LogP contribution in [-0.4, -0.2) is 21.4 Å². The van der Waals surface area contributed by atoms with Gasteiger partial charge in [-0.2, -0.15) is 10.2 Å². The van der Waals surface area contributed by atoms with Gasteiger partial charge in [0.05, 0.1) is 25.0 Å². The fourth-order valence-corrected chi connectivity index (χ4v) is 2.94. The fraction of sp³-hybridized carbons (Fsp3) is 0.800. The maximum absolute atomic E-state index is 9.57. The Labute approximate surface area is 120 Å². The van der Waals surface area contributed by atoms with Crippen molar-refractivity contribution in [1.29, 1.82) is 5.26 Å². The van der Waals surface area contributed by atoms with Gasteiger partial charge in [0.1, 0.15) is 0 Å². The van der Waals surface area contributed by atoms with Crippen LogP contribution in [0.25, 0.3) is 0 Å². The molecule has 1 atom stereocenters. The third-order valence-corrected chi connectivity index (χ3v) is 4.30. The van der Waals surface area contributed by atoms with Crippen LogP contribution in [0.1, 0.15) is 63.6 Å². The predicted octanol–water partition coefficient (Wildman–Crippen LogP) is 2.82. The van der Waals surface area contributed by atoms with E-state index in [4.69, 9.17) is 9.78 Å². The first kappa shape index (κ1) is 15.0. The molecule has 0 amide bonds. The van der Waals surface area contributed by atoms with Gasteiger partial charge in [-0.3, -0.25) is 0 Å². The maximum atomic E-state index is 9.57. The highest BCUT2D eigenvalue weighted by atomic mass is 16.5. The number of hydrogen-bond donors (Lipinski definition) is 1. The molecule has 20 heavy (non-hydrogen) atoms. The molecular formula is C15H23N3O2. The third kappa shape index (κ3) is 3.80. The van der Waals surface area contributed by atoms with E-state index in [1.54, 1.807) is 0 Å². The predicted molar refractivity (Wildman–Crippen MR) is 73.8 cm³/mol. The summed E-state index contributed by atoms with van der Waals surface area (Å²) < 4.78 is 5.18. The van der Waals surface area contributed by atoms with Crippen molar-refractivity contribution in [3.05, 3.63) is 11.7 Å². The number of aliphatic hydroxyl groups excluding tert-OH is 1. The zero-order valence-corrected chi connectivity index (χ0v) is 12.2. The molecule has 1 unspecified atom stereocenters. The Hall–Kier alpha value is -1.41. The second-order valence-electron chi connectivity index (χ2n) is 6.12. The van der Waals surface area contributed by atoms with Crippen molar-refractivity contribution in [2.24, 2.45) is 11.8 Å². The minimum atomic E-state index is -0.718. The Balaban J connectivity index is 1.88. The maximum Gasteiger partial charge on any atom is 0.229 e. The lowest BCUT2D eigenvalue weighted by Gasteiger charge is -2.29. The van der Waals surface area contributed by atoms with Gasteiger partial charge >= 0.3 is 0 Å². The molecular weight excluding hydrogens is 254 g/mol. The Morgan fingerprint density at radius 1 is 1.35 bits per heavy atom. The molecule has 110 valence electrons. The molecule has 1 aliphatic rings. The van der Waals surface area contributed by atoms with E-state index in [2.05, 4.69) is 24.0 Å². The van der Waals surface area contributed by atoms with Gasteiger partial charge in [-0.15, -0.1) is 0 Å². The smallest absolute Gasteiger partial charge is 0.229 e. The summed E-state index contributed by atoms with van der Waals surface area (Å²) in [7, 11) is 0. The molecule has 2 rings (SSSR count). The van der Waals surface area contributed by atoms with Crippen molar-refractivity contribution in [3.63, 3.8) is 0 Å². The molecule has 1 heterocycles. The number of hydrogen-bond acceptors (Lipinski definition) is 5. The highest BCUT2D eigenvalue weighted by molar-refractivity contribution is 4.99.